The molecule has 2 aliphatic heterocycles. The summed E-state index contributed by atoms with van der Waals surface area (Å²) < 4.78 is 5.82. The maximum atomic E-state index is 12.9. The molecule has 148 valence electrons. The molecule has 2 aromatic carbocycles. The van der Waals surface area contributed by atoms with Gasteiger partial charge in [0.1, 0.15) is 24.7 Å². The quantitative estimate of drug-likeness (QED) is 0.622. The van der Waals surface area contributed by atoms with Gasteiger partial charge in [0.15, 0.2) is 0 Å². The molecule has 7 heteroatoms. The van der Waals surface area contributed by atoms with Gasteiger partial charge in [-0.2, -0.15) is 0 Å². The van der Waals surface area contributed by atoms with Gasteiger partial charge >= 0.3 is 0 Å². The number of amides is 3. The second-order valence-corrected chi connectivity index (χ2v) is 7.17. The molecule has 1 atom stereocenters. The summed E-state index contributed by atoms with van der Waals surface area (Å²) in [5.41, 5.74) is 2.83. The highest BCUT2D eigenvalue weighted by Gasteiger charge is 2.38. The van der Waals surface area contributed by atoms with Crippen LogP contribution in [-0.4, -0.2) is 34.9 Å². The highest BCUT2D eigenvalue weighted by atomic mass is 16.5. The number of nitrogens with one attached hydrogen (secondary N) is 1. The van der Waals surface area contributed by atoms with Crippen molar-refractivity contribution in [3.05, 3.63) is 64.7 Å². The molecule has 2 aromatic rings. The van der Waals surface area contributed by atoms with Crippen molar-refractivity contribution in [2.24, 2.45) is 0 Å². The molecule has 2 aliphatic rings. The summed E-state index contributed by atoms with van der Waals surface area (Å²) in [5, 5.41) is 2.37. The normalized spacial score (nSPS) is 18.8. The van der Waals surface area contributed by atoms with E-state index in [4.69, 9.17) is 4.74 Å². The number of nitrogens with zero attached hydrogens (tertiary/aromatic N) is 1. The number of hydrogen-bond acceptors (Lipinski definition) is 5. The maximum absolute atomic E-state index is 12.9. The Balaban J connectivity index is 1.52. The number of rotatable bonds is 5. The monoisotopic (exact) mass is 392 g/mol. The lowest BCUT2D eigenvalue weighted by Gasteiger charge is -2.24. The maximum Gasteiger partial charge on any atom is 0.255 e. The third-order valence-electron chi connectivity index (χ3n) is 5.33. The van der Waals surface area contributed by atoms with E-state index < -0.39 is 11.9 Å². The first-order valence-corrected chi connectivity index (χ1v) is 9.50. The molecule has 1 N–H and O–H groups in total. The van der Waals surface area contributed by atoms with E-state index in [1.807, 2.05) is 6.07 Å². The van der Waals surface area contributed by atoms with Crippen molar-refractivity contribution in [3.8, 4) is 5.75 Å². The lowest BCUT2D eigenvalue weighted by Crippen LogP contribution is -2.46. The largest absolute Gasteiger partial charge is 0.489 e. The second kappa shape index (κ2) is 7.87. The van der Waals surface area contributed by atoms with Crippen LogP contribution in [-0.2, 0) is 22.7 Å². The van der Waals surface area contributed by atoms with E-state index in [9.17, 15) is 19.2 Å². The second-order valence-electron chi connectivity index (χ2n) is 7.17. The van der Waals surface area contributed by atoms with Gasteiger partial charge in [-0.05, 0) is 54.3 Å². The van der Waals surface area contributed by atoms with Crippen molar-refractivity contribution in [1.82, 2.24) is 10.2 Å². The van der Waals surface area contributed by atoms with Gasteiger partial charge in [-0.25, -0.2) is 0 Å². The number of carbonyl (C=O) groups excluding carboxylic acids is 4. The van der Waals surface area contributed by atoms with Crippen molar-refractivity contribution in [2.75, 3.05) is 0 Å². The minimum absolute atomic E-state index is 0.202. The van der Waals surface area contributed by atoms with E-state index in [1.165, 1.54) is 0 Å². The first kappa shape index (κ1) is 18.9. The predicted octanol–water partition coefficient (Wildman–Crippen LogP) is 2.23. The van der Waals surface area contributed by atoms with Crippen LogP contribution >= 0.6 is 0 Å². The Morgan fingerprint density at radius 2 is 1.90 bits per heavy atom. The Morgan fingerprint density at radius 3 is 2.66 bits per heavy atom. The highest BCUT2D eigenvalue weighted by Crippen LogP contribution is 2.30. The molecular weight excluding hydrogens is 372 g/mol. The number of imide groups is 1. The molecule has 7 nitrogen and oxygen atoms in total. The van der Waals surface area contributed by atoms with Crippen LogP contribution in [0.15, 0.2) is 42.5 Å². The molecule has 0 saturated carbocycles. The van der Waals surface area contributed by atoms with E-state index in [0.717, 1.165) is 17.4 Å². The van der Waals surface area contributed by atoms with E-state index in [0.29, 0.717) is 42.7 Å². The first-order chi connectivity index (χ1) is 14.1. The zero-order valence-electron chi connectivity index (χ0n) is 15.7. The predicted molar refractivity (Wildman–Crippen MR) is 103 cm³/mol. The van der Waals surface area contributed by atoms with Crippen LogP contribution in [0, 0.1) is 0 Å². The minimum Gasteiger partial charge on any atom is -0.489 e. The molecule has 29 heavy (non-hydrogen) atoms. The van der Waals surface area contributed by atoms with E-state index in [2.05, 4.69) is 5.32 Å². The molecule has 1 fully saturated rings. The Morgan fingerprint density at radius 1 is 1.10 bits per heavy atom. The van der Waals surface area contributed by atoms with Crippen LogP contribution in [0.3, 0.4) is 0 Å². The summed E-state index contributed by atoms with van der Waals surface area (Å²) >= 11 is 0. The van der Waals surface area contributed by atoms with Crippen molar-refractivity contribution in [3.63, 3.8) is 0 Å². The molecule has 1 saturated heterocycles. The van der Waals surface area contributed by atoms with Crippen LogP contribution < -0.4 is 10.1 Å². The molecule has 0 aromatic heterocycles. The van der Waals surface area contributed by atoms with Crippen LogP contribution in [0.1, 0.15) is 51.1 Å². The Bertz CT molecular complexity index is 983. The van der Waals surface area contributed by atoms with Gasteiger partial charge < -0.3 is 9.64 Å². The number of benzene rings is 2. The number of carbonyl (C=O) groups is 4. The fraction of sp³-hybridized carbons (Fsp3) is 0.273. The molecule has 0 spiro atoms. The van der Waals surface area contributed by atoms with E-state index >= 15 is 0 Å². The smallest absolute Gasteiger partial charge is 0.255 e. The lowest BCUT2D eigenvalue weighted by atomic mass is 10.0. The number of ether oxygens (including phenoxy) is 1. The minimum atomic E-state index is -0.647. The van der Waals surface area contributed by atoms with Crippen molar-refractivity contribution in [2.45, 2.75) is 38.5 Å². The van der Waals surface area contributed by atoms with E-state index in [1.54, 1.807) is 41.3 Å². The molecule has 4 rings (SSSR count). The van der Waals surface area contributed by atoms with Crippen molar-refractivity contribution in [1.29, 1.82) is 0 Å². The lowest BCUT2D eigenvalue weighted by molar-refractivity contribution is -0.132. The zero-order valence-corrected chi connectivity index (χ0v) is 15.7. The van der Waals surface area contributed by atoms with Gasteiger partial charge in [0.2, 0.25) is 11.8 Å². The molecule has 0 radical (unpaired) electrons. The number of fused-ring (bicyclic) bond motifs is 1. The molecular formula is C22H20N2O5. The van der Waals surface area contributed by atoms with Gasteiger partial charge in [0, 0.05) is 24.1 Å². The van der Waals surface area contributed by atoms with Crippen LogP contribution in [0.5, 0.6) is 5.75 Å². The van der Waals surface area contributed by atoms with Gasteiger partial charge in [-0.15, -0.1) is 0 Å². The third-order valence-corrected chi connectivity index (χ3v) is 5.33. The average molecular weight is 392 g/mol. The van der Waals surface area contributed by atoms with E-state index in [-0.39, 0.29) is 18.4 Å². The fourth-order valence-electron chi connectivity index (χ4n) is 3.78. The van der Waals surface area contributed by atoms with Gasteiger partial charge in [-0.1, -0.05) is 12.1 Å². The summed E-state index contributed by atoms with van der Waals surface area (Å²) in [6, 6.07) is 11.6. The van der Waals surface area contributed by atoms with Crippen LogP contribution in [0.2, 0.25) is 0 Å². The average Bonchev–Trinajstić information content (AvgIpc) is 2.96. The number of hydrogen-bond donors (Lipinski definition) is 1. The first-order valence-electron chi connectivity index (χ1n) is 9.50. The Kier molecular flexibility index (Phi) is 5.12. The molecule has 3 amide bonds. The van der Waals surface area contributed by atoms with Gasteiger partial charge in [0.05, 0.1) is 0 Å². The van der Waals surface area contributed by atoms with Crippen molar-refractivity contribution >= 4 is 24.0 Å². The topological polar surface area (TPSA) is 92.8 Å². The molecule has 1 unspecified atom stereocenters. The Hall–Kier alpha value is -3.48. The standard InChI is InChI=1S/C22H20N2O5/c25-12-14-7-9-16(10-8-14)29-13-15-3-1-4-17-18(15)11-24(22(17)28)19-5-2-6-20(26)23-21(19)27/h1,3-4,7-10,12,19H,2,5-6,11,13H2,(H,23,26,27). The zero-order chi connectivity index (χ0) is 20.4. The summed E-state index contributed by atoms with van der Waals surface area (Å²) in [4.78, 5) is 49.2. The molecule has 2 heterocycles. The highest BCUT2D eigenvalue weighted by molar-refractivity contribution is 6.04. The summed E-state index contributed by atoms with van der Waals surface area (Å²) in [7, 11) is 0. The summed E-state index contributed by atoms with van der Waals surface area (Å²) in [6.45, 7) is 0.574. The fourth-order valence-corrected chi connectivity index (χ4v) is 3.78. The van der Waals surface area contributed by atoms with Crippen LogP contribution in [0.25, 0.3) is 0 Å². The van der Waals surface area contributed by atoms with Crippen molar-refractivity contribution < 1.29 is 23.9 Å². The summed E-state index contributed by atoms with van der Waals surface area (Å²) in [6.07, 6.45) is 2.09. The third kappa shape index (κ3) is 3.76. The SMILES string of the molecule is O=Cc1ccc(OCc2cccc3c2CN(C2CCCC(=O)NC2=O)C3=O)cc1. The van der Waals surface area contributed by atoms with Gasteiger partial charge in [0.25, 0.3) is 5.91 Å². The number of aldehydes is 1. The Labute approximate surface area is 167 Å². The molecule has 0 bridgehead atoms. The summed E-state index contributed by atoms with van der Waals surface area (Å²) in [5.74, 6) is -0.291. The molecule has 0 aliphatic carbocycles. The van der Waals surface area contributed by atoms with Gasteiger partial charge in [-0.3, -0.25) is 24.5 Å². The van der Waals surface area contributed by atoms with Crippen LogP contribution in [0.4, 0.5) is 0 Å².